The summed E-state index contributed by atoms with van der Waals surface area (Å²) >= 11 is 0. The number of pyridine rings is 1. The van der Waals surface area contributed by atoms with Gasteiger partial charge in [-0.3, -0.25) is 4.98 Å². The molecule has 129 valence electrons. The van der Waals surface area contributed by atoms with Crippen molar-refractivity contribution in [1.29, 1.82) is 5.26 Å². The molecule has 1 aliphatic carbocycles. The maximum Gasteiger partial charge on any atom is 0.241 e. The fraction of sp³-hybridized carbons (Fsp3) is 0.368. The van der Waals surface area contributed by atoms with Gasteiger partial charge in [0.05, 0.1) is 16.9 Å². The summed E-state index contributed by atoms with van der Waals surface area (Å²) in [7, 11) is -3.62. The highest BCUT2D eigenvalue weighted by Gasteiger charge is 2.26. The van der Waals surface area contributed by atoms with Crippen molar-refractivity contribution in [3.8, 4) is 6.07 Å². The normalized spacial score (nSPS) is 20.8. The summed E-state index contributed by atoms with van der Waals surface area (Å²) in [5, 5.41) is 9.31. The summed E-state index contributed by atoms with van der Waals surface area (Å²) in [5.41, 5.74) is 1.84. The highest BCUT2D eigenvalue weighted by Crippen LogP contribution is 2.37. The molecular weight excluding hydrogens is 334 g/mol. The third kappa shape index (κ3) is 4.25. The van der Waals surface area contributed by atoms with Gasteiger partial charge in [0.25, 0.3) is 0 Å². The van der Waals surface area contributed by atoms with Gasteiger partial charge in [-0.1, -0.05) is 18.9 Å². The van der Waals surface area contributed by atoms with E-state index in [1.807, 2.05) is 6.07 Å². The molecule has 0 amide bonds. The quantitative estimate of drug-likeness (QED) is 0.894. The number of hydrogen-bond acceptors (Lipinski definition) is 4. The van der Waals surface area contributed by atoms with Crippen molar-refractivity contribution in [2.24, 2.45) is 5.92 Å². The number of aromatic nitrogens is 1. The summed E-state index contributed by atoms with van der Waals surface area (Å²) in [6.07, 6.45) is 7.33. The van der Waals surface area contributed by atoms with E-state index in [4.69, 9.17) is 0 Å². The zero-order chi connectivity index (χ0) is 17.7. The molecule has 1 N–H and O–H groups in total. The topological polar surface area (TPSA) is 82.8 Å². The van der Waals surface area contributed by atoms with Gasteiger partial charge in [-0.25, -0.2) is 13.1 Å². The van der Waals surface area contributed by atoms with Crippen LogP contribution in [0.2, 0.25) is 0 Å². The van der Waals surface area contributed by atoms with Crippen LogP contribution in [-0.4, -0.2) is 13.4 Å². The lowest BCUT2D eigenvalue weighted by molar-refractivity contribution is 0.369. The Morgan fingerprint density at radius 2 is 1.96 bits per heavy atom. The Balaban J connectivity index is 1.71. The number of nitrogens with zero attached hydrogens (tertiary/aromatic N) is 2. The summed E-state index contributed by atoms with van der Waals surface area (Å²) < 4.78 is 27.4. The molecule has 25 heavy (non-hydrogen) atoms. The third-order valence-electron chi connectivity index (χ3n) is 4.67. The van der Waals surface area contributed by atoms with E-state index in [1.165, 1.54) is 0 Å². The van der Waals surface area contributed by atoms with Gasteiger partial charge in [0.2, 0.25) is 10.0 Å². The van der Waals surface area contributed by atoms with Crippen LogP contribution in [0.4, 0.5) is 0 Å². The van der Waals surface area contributed by atoms with Crippen LogP contribution in [0.25, 0.3) is 0 Å². The fourth-order valence-electron chi connectivity index (χ4n) is 3.26. The molecule has 5 nitrogen and oxygen atoms in total. The molecule has 0 spiro atoms. The summed E-state index contributed by atoms with van der Waals surface area (Å²) in [5.74, 6) is 0.186. The van der Waals surface area contributed by atoms with Crippen LogP contribution >= 0.6 is 0 Å². The van der Waals surface area contributed by atoms with E-state index < -0.39 is 10.0 Å². The molecule has 1 radical (unpaired) electrons. The maximum atomic E-state index is 12.4. The second kappa shape index (κ2) is 7.77. The molecular formula is C19H20N3O2S. The Hall–Kier alpha value is -2.23. The van der Waals surface area contributed by atoms with Crippen LogP contribution in [-0.2, 0) is 16.6 Å². The molecule has 1 saturated carbocycles. The summed E-state index contributed by atoms with van der Waals surface area (Å²) in [6, 6.07) is 13.9. The standard InChI is InChI=1S/C19H20N3O2S/c20-13-17-3-1-2-4-19(17)16-5-7-18(8-6-16)25(23,24)22-14-15-9-11-21-12-10-15/h5-7,9-12,17,19,22H,1-4,14H2. The van der Waals surface area contributed by atoms with Crippen LogP contribution in [0.1, 0.15) is 42.7 Å². The number of hydrogen-bond donors (Lipinski definition) is 1. The van der Waals surface area contributed by atoms with Gasteiger partial charge in [-0.05, 0) is 54.2 Å². The second-order valence-corrected chi connectivity index (χ2v) is 8.03. The van der Waals surface area contributed by atoms with E-state index in [9.17, 15) is 13.7 Å². The molecule has 1 aromatic heterocycles. The minimum Gasteiger partial charge on any atom is -0.265 e. The van der Waals surface area contributed by atoms with Crippen LogP contribution in [0.5, 0.6) is 0 Å². The first-order valence-corrected chi connectivity index (χ1v) is 9.88. The van der Waals surface area contributed by atoms with Gasteiger partial charge in [0, 0.05) is 25.0 Å². The minimum atomic E-state index is -3.62. The van der Waals surface area contributed by atoms with Crippen molar-refractivity contribution < 1.29 is 8.42 Å². The first kappa shape index (κ1) is 17.6. The molecule has 2 atom stereocenters. The van der Waals surface area contributed by atoms with E-state index in [1.54, 1.807) is 36.7 Å². The van der Waals surface area contributed by atoms with Crippen LogP contribution in [0.15, 0.2) is 47.6 Å². The molecule has 1 fully saturated rings. The molecule has 2 aromatic rings. The Kier molecular flexibility index (Phi) is 5.47. The Labute approximate surface area is 148 Å². The molecule has 0 saturated heterocycles. The van der Waals surface area contributed by atoms with Crippen LogP contribution in [0, 0.1) is 23.3 Å². The molecule has 1 aromatic carbocycles. The van der Waals surface area contributed by atoms with E-state index in [-0.39, 0.29) is 23.3 Å². The van der Waals surface area contributed by atoms with E-state index >= 15 is 0 Å². The summed E-state index contributed by atoms with van der Waals surface area (Å²) in [6.45, 7) is 0.208. The SMILES string of the molecule is N#CC1CCCCC1c1c[c]c(S(=O)(=O)NCc2ccncc2)cc1. The van der Waals surface area contributed by atoms with Crippen molar-refractivity contribution in [3.63, 3.8) is 0 Å². The van der Waals surface area contributed by atoms with E-state index in [0.717, 1.165) is 36.8 Å². The molecule has 2 unspecified atom stereocenters. The monoisotopic (exact) mass is 354 g/mol. The van der Waals surface area contributed by atoms with Crippen molar-refractivity contribution in [3.05, 3.63) is 59.9 Å². The molecule has 0 aliphatic heterocycles. The first-order chi connectivity index (χ1) is 12.1. The molecule has 1 aliphatic rings. The number of rotatable bonds is 5. The zero-order valence-electron chi connectivity index (χ0n) is 13.9. The lowest BCUT2D eigenvalue weighted by atomic mass is 9.76. The maximum absolute atomic E-state index is 12.4. The fourth-order valence-corrected chi connectivity index (χ4v) is 4.23. The van der Waals surface area contributed by atoms with Crippen molar-refractivity contribution in [2.45, 2.75) is 43.0 Å². The number of benzene rings is 1. The van der Waals surface area contributed by atoms with Gasteiger partial charge >= 0.3 is 0 Å². The van der Waals surface area contributed by atoms with E-state index in [0.29, 0.717) is 0 Å². The minimum absolute atomic E-state index is 0.00872. The highest BCUT2D eigenvalue weighted by atomic mass is 32.2. The van der Waals surface area contributed by atoms with Crippen molar-refractivity contribution in [2.75, 3.05) is 0 Å². The average Bonchev–Trinajstić information content (AvgIpc) is 2.67. The molecule has 6 heteroatoms. The predicted molar refractivity (Wildman–Crippen MR) is 93.9 cm³/mol. The molecule has 1 heterocycles. The van der Waals surface area contributed by atoms with Crippen LogP contribution in [0.3, 0.4) is 0 Å². The van der Waals surface area contributed by atoms with Crippen LogP contribution < -0.4 is 4.72 Å². The smallest absolute Gasteiger partial charge is 0.241 e. The van der Waals surface area contributed by atoms with Gasteiger partial charge in [0.1, 0.15) is 0 Å². The number of sulfonamides is 1. The molecule has 0 bridgehead atoms. The van der Waals surface area contributed by atoms with Crippen molar-refractivity contribution >= 4 is 10.0 Å². The summed E-state index contributed by atoms with van der Waals surface area (Å²) in [4.78, 5) is 4.03. The Morgan fingerprint density at radius 3 is 2.64 bits per heavy atom. The van der Waals surface area contributed by atoms with Gasteiger partial charge in [-0.2, -0.15) is 5.26 Å². The Bertz CT molecular complexity index is 842. The Morgan fingerprint density at radius 1 is 1.20 bits per heavy atom. The van der Waals surface area contributed by atoms with Crippen molar-refractivity contribution in [1.82, 2.24) is 9.71 Å². The largest absolute Gasteiger partial charge is 0.265 e. The zero-order valence-corrected chi connectivity index (χ0v) is 14.7. The lowest BCUT2D eigenvalue weighted by Crippen LogP contribution is -2.23. The predicted octanol–water partition coefficient (Wildman–Crippen LogP) is 3.16. The molecule has 3 rings (SSSR count). The number of nitriles is 1. The second-order valence-electron chi connectivity index (χ2n) is 6.29. The average molecular weight is 354 g/mol. The van der Waals surface area contributed by atoms with Gasteiger partial charge in [-0.15, -0.1) is 0 Å². The highest BCUT2D eigenvalue weighted by molar-refractivity contribution is 7.89. The van der Waals surface area contributed by atoms with E-state index in [2.05, 4.69) is 21.8 Å². The first-order valence-electron chi connectivity index (χ1n) is 8.40. The van der Waals surface area contributed by atoms with Gasteiger partial charge in [0.15, 0.2) is 0 Å². The third-order valence-corrected chi connectivity index (χ3v) is 6.03. The van der Waals surface area contributed by atoms with Gasteiger partial charge < -0.3 is 0 Å². The lowest BCUT2D eigenvalue weighted by Gasteiger charge is -2.27. The number of nitrogens with one attached hydrogen (secondary N) is 1.